The Morgan fingerprint density at radius 1 is 1.46 bits per heavy atom. The lowest BCUT2D eigenvalue weighted by atomic mass is 9.98. The third-order valence-electron chi connectivity index (χ3n) is 3.85. The van der Waals surface area contributed by atoms with Crippen LogP contribution in [0.1, 0.15) is 26.2 Å². The Kier molecular flexibility index (Phi) is 10.6. The van der Waals surface area contributed by atoms with Crippen LogP contribution >= 0.6 is 24.0 Å². The molecule has 8 heteroatoms. The standard InChI is InChI=1S/C16H28N6O.HI/c1-2-23-11-5-9-18-15(17)21-12-14-6-3-10-22(13-14)16-19-7-4-8-20-16;/h4,7-8,14H,2-3,5-6,9-13H2,1H3,(H3,17,18,21);1H. The molecule has 0 radical (unpaired) electrons. The minimum Gasteiger partial charge on any atom is -0.382 e. The number of nitrogens with zero attached hydrogens (tertiary/aromatic N) is 4. The maximum Gasteiger partial charge on any atom is 0.225 e. The fourth-order valence-electron chi connectivity index (χ4n) is 2.67. The van der Waals surface area contributed by atoms with E-state index in [2.05, 4.69) is 25.2 Å². The summed E-state index contributed by atoms with van der Waals surface area (Å²) in [4.78, 5) is 15.4. The van der Waals surface area contributed by atoms with Crippen molar-refractivity contribution in [2.45, 2.75) is 26.2 Å². The van der Waals surface area contributed by atoms with Crippen LogP contribution in [0.2, 0.25) is 0 Å². The van der Waals surface area contributed by atoms with E-state index in [1.165, 1.54) is 6.42 Å². The quantitative estimate of drug-likeness (QED) is 0.272. The second-order valence-corrected chi connectivity index (χ2v) is 5.71. The monoisotopic (exact) mass is 448 g/mol. The van der Waals surface area contributed by atoms with Crippen molar-refractivity contribution < 1.29 is 4.74 Å². The van der Waals surface area contributed by atoms with Gasteiger partial charge in [-0.2, -0.15) is 0 Å². The molecule has 1 atom stereocenters. The Hall–Kier alpha value is -1.16. The number of halogens is 1. The van der Waals surface area contributed by atoms with Crippen LogP contribution in [-0.4, -0.2) is 55.3 Å². The average molecular weight is 448 g/mol. The molecule has 1 saturated heterocycles. The Bertz CT molecular complexity index is 473. The van der Waals surface area contributed by atoms with Crippen molar-refractivity contribution in [3.8, 4) is 0 Å². The molecule has 2 heterocycles. The average Bonchev–Trinajstić information content (AvgIpc) is 2.61. The van der Waals surface area contributed by atoms with Gasteiger partial charge in [0.1, 0.15) is 0 Å². The summed E-state index contributed by atoms with van der Waals surface area (Å²) in [5.74, 6) is 1.83. The number of aromatic nitrogens is 2. The molecule has 0 bridgehead atoms. The van der Waals surface area contributed by atoms with E-state index in [0.717, 1.165) is 58.2 Å². The highest BCUT2D eigenvalue weighted by Gasteiger charge is 2.21. The van der Waals surface area contributed by atoms with Gasteiger partial charge in [-0.15, -0.1) is 24.0 Å². The first kappa shape index (κ1) is 20.9. The third kappa shape index (κ3) is 7.61. The topological polar surface area (TPSA) is 88.7 Å². The van der Waals surface area contributed by atoms with Gasteiger partial charge in [0.25, 0.3) is 0 Å². The van der Waals surface area contributed by atoms with Crippen LogP contribution in [-0.2, 0) is 4.74 Å². The molecule has 1 aliphatic rings. The van der Waals surface area contributed by atoms with Gasteiger partial charge >= 0.3 is 0 Å². The molecule has 0 aromatic carbocycles. The number of nitrogens with two attached hydrogens (primary N) is 1. The van der Waals surface area contributed by atoms with Crippen molar-refractivity contribution in [3.63, 3.8) is 0 Å². The molecule has 24 heavy (non-hydrogen) atoms. The van der Waals surface area contributed by atoms with Gasteiger partial charge in [-0.05, 0) is 38.2 Å². The van der Waals surface area contributed by atoms with Gasteiger partial charge in [0.05, 0.1) is 0 Å². The lowest BCUT2D eigenvalue weighted by molar-refractivity contribution is 0.145. The number of anilines is 1. The van der Waals surface area contributed by atoms with E-state index >= 15 is 0 Å². The maximum atomic E-state index is 5.91. The number of ether oxygens (including phenoxy) is 1. The number of hydrogen-bond donors (Lipinski definition) is 2. The first-order valence-electron chi connectivity index (χ1n) is 8.43. The Labute approximate surface area is 161 Å². The zero-order valence-corrected chi connectivity index (χ0v) is 16.7. The summed E-state index contributed by atoms with van der Waals surface area (Å²) in [6.45, 7) is 6.99. The van der Waals surface area contributed by atoms with Crippen molar-refractivity contribution in [2.24, 2.45) is 16.6 Å². The van der Waals surface area contributed by atoms with E-state index < -0.39 is 0 Å². The second-order valence-electron chi connectivity index (χ2n) is 5.71. The molecule has 2 rings (SSSR count). The van der Waals surface area contributed by atoms with Crippen molar-refractivity contribution in [1.29, 1.82) is 0 Å². The molecule has 1 aromatic rings. The summed E-state index contributed by atoms with van der Waals surface area (Å²) in [6.07, 6.45) is 6.82. The van der Waals surface area contributed by atoms with Crippen molar-refractivity contribution in [3.05, 3.63) is 18.5 Å². The molecule has 0 saturated carbocycles. The number of piperidine rings is 1. The lowest BCUT2D eigenvalue weighted by Crippen LogP contribution is -2.38. The maximum absolute atomic E-state index is 5.91. The van der Waals surface area contributed by atoms with Crippen LogP contribution in [0.25, 0.3) is 0 Å². The Balaban J connectivity index is 0.00000288. The zero-order chi connectivity index (χ0) is 16.3. The normalized spacial score (nSPS) is 18.1. The fraction of sp³-hybridized carbons (Fsp3) is 0.688. The molecule has 1 fully saturated rings. The van der Waals surface area contributed by atoms with E-state index in [1.807, 2.05) is 13.0 Å². The SMILES string of the molecule is CCOCCCNC(N)=NCC1CCCN(c2ncccn2)C1.I. The third-order valence-corrected chi connectivity index (χ3v) is 3.85. The number of hydrogen-bond acceptors (Lipinski definition) is 5. The molecule has 0 spiro atoms. The molecule has 1 unspecified atom stereocenters. The van der Waals surface area contributed by atoms with E-state index in [9.17, 15) is 0 Å². The molecule has 3 N–H and O–H groups in total. The lowest BCUT2D eigenvalue weighted by Gasteiger charge is -2.31. The van der Waals surface area contributed by atoms with Crippen molar-refractivity contribution in [2.75, 3.05) is 44.3 Å². The van der Waals surface area contributed by atoms with Crippen LogP contribution in [0.15, 0.2) is 23.5 Å². The minimum atomic E-state index is 0. The van der Waals surface area contributed by atoms with E-state index in [4.69, 9.17) is 10.5 Å². The first-order valence-corrected chi connectivity index (χ1v) is 8.43. The predicted molar refractivity (Wildman–Crippen MR) is 108 cm³/mol. The van der Waals surface area contributed by atoms with Gasteiger partial charge in [0, 0.05) is 51.8 Å². The summed E-state index contributed by atoms with van der Waals surface area (Å²) in [5, 5.41) is 3.13. The Morgan fingerprint density at radius 3 is 3.00 bits per heavy atom. The summed E-state index contributed by atoms with van der Waals surface area (Å²) in [5.41, 5.74) is 5.91. The van der Waals surface area contributed by atoms with Crippen LogP contribution < -0.4 is 16.0 Å². The van der Waals surface area contributed by atoms with Gasteiger partial charge in [-0.3, -0.25) is 4.99 Å². The molecule has 0 aliphatic carbocycles. The molecule has 0 amide bonds. The van der Waals surface area contributed by atoms with Gasteiger partial charge in [0.2, 0.25) is 5.95 Å². The first-order chi connectivity index (χ1) is 11.3. The minimum absolute atomic E-state index is 0. The molecule has 7 nitrogen and oxygen atoms in total. The summed E-state index contributed by atoms with van der Waals surface area (Å²) in [7, 11) is 0. The molecular formula is C16H29IN6O. The van der Waals surface area contributed by atoms with E-state index in [-0.39, 0.29) is 24.0 Å². The molecule has 1 aromatic heterocycles. The highest BCUT2D eigenvalue weighted by atomic mass is 127. The summed E-state index contributed by atoms with van der Waals surface area (Å²) in [6, 6.07) is 1.84. The zero-order valence-electron chi connectivity index (χ0n) is 14.4. The van der Waals surface area contributed by atoms with Gasteiger partial charge in [-0.25, -0.2) is 9.97 Å². The van der Waals surface area contributed by atoms with Crippen molar-refractivity contribution >= 4 is 35.9 Å². The largest absolute Gasteiger partial charge is 0.382 e. The second kappa shape index (κ2) is 12.2. The smallest absolute Gasteiger partial charge is 0.225 e. The molecule has 136 valence electrons. The summed E-state index contributed by atoms with van der Waals surface area (Å²) < 4.78 is 5.29. The number of rotatable bonds is 8. The molecular weight excluding hydrogens is 419 g/mol. The van der Waals surface area contributed by atoms with Crippen molar-refractivity contribution in [1.82, 2.24) is 15.3 Å². The van der Waals surface area contributed by atoms with Crippen LogP contribution in [0.3, 0.4) is 0 Å². The molecule has 1 aliphatic heterocycles. The van der Waals surface area contributed by atoms with Gasteiger partial charge in [-0.1, -0.05) is 0 Å². The number of nitrogens with one attached hydrogen (secondary N) is 1. The van der Waals surface area contributed by atoms with Gasteiger partial charge in [0.15, 0.2) is 5.96 Å². The predicted octanol–water partition coefficient (Wildman–Crippen LogP) is 1.64. The fourth-order valence-corrected chi connectivity index (χ4v) is 2.67. The Morgan fingerprint density at radius 2 is 2.25 bits per heavy atom. The number of guanidine groups is 1. The van der Waals surface area contributed by atoms with Crippen LogP contribution in [0, 0.1) is 5.92 Å². The van der Waals surface area contributed by atoms with E-state index in [0.29, 0.717) is 11.9 Å². The summed E-state index contributed by atoms with van der Waals surface area (Å²) >= 11 is 0. The van der Waals surface area contributed by atoms with Crippen LogP contribution in [0.5, 0.6) is 0 Å². The van der Waals surface area contributed by atoms with E-state index in [1.54, 1.807) is 12.4 Å². The number of aliphatic imine (C=N–C) groups is 1. The van der Waals surface area contributed by atoms with Gasteiger partial charge < -0.3 is 20.7 Å². The van der Waals surface area contributed by atoms with Crippen LogP contribution in [0.4, 0.5) is 5.95 Å². The highest BCUT2D eigenvalue weighted by molar-refractivity contribution is 14.0. The highest BCUT2D eigenvalue weighted by Crippen LogP contribution is 2.19.